The van der Waals surface area contributed by atoms with Gasteiger partial charge in [-0.25, -0.2) is 9.48 Å². The van der Waals surface area contributed by atoms with Gasteiger partial charge in [0.15, 0.2) is 0 Å². The van der Waals surface area contributed by atoms with Crippen molar-refractivity contribution < 1.29 is 31.6 Å². The molecule has 3 N–H and O–H groups in total. The Morgan fingerprint density at radius 2 is 2.12 bits per heavy atom. The molecule has 142 valence electrons. The van der Waals surface area contributed by atoms with E-state index in [1.54, 1.807) is 0 Å². The van der Waals surface area contributed by atoms with Crippen LogP contribution in [0.3, 0.4) is 0 Å². The molecule has 0 radical (unpaired) electrons. The van der Waals surface area contributed by atoms with Crippen LogP contribution in [0.1, 0.15) is 12.8 Å². The van der Waals surface area contributed by atoms with Gasteiger partial charge in [0.1, 0.15) is 12.6 Å². The smallest absolute Gasteiger partial charge is 0.309 e. The molecule has 2 atom stereocenters. The first-order valence-electron chi connectivity index (χ1n) is 7.44. The molecule has 2 aliphatic rings. The minimum absolute atomic E-state index is 0.0549. The zero-order valence-corrected chi connectivity index (χ0v) is 14.0. The number of hydrogen-bond acceptors (Lipinski definition) is 8. The van der Waals surface area contributed by atoms with Gasteiger partial charge in [0.25, 0.3) is 11.8 Å². The quantitative estimate of drug-likeness (QED) is 0.361. The Morgan fingerprint density at radius 3 is 2.77 bits per heavy atom. The van der Waals surface area contributed by atoms with Gasteiger partial charge in [-0.2, -0.15) is 13.5 Å². The van der Waals surface area contributed by atoms with Crippen LogP contribution in [-0.2, 0) is 30.8 Å². The van der Waals surface area contributed by atoms with Crippen LogP contribution >= 0.6 is 0 Å². The fourth-order valence-electron chi connectivity index (χ4n) is 2.82. The van der Waals surface area contributed by atoms with Gasteiger partial charge in [-0.05, 0) is 12.8 Å². The van der Waals surface area contributed by atoms with Crippen molar-refractivity contribution in [3.05, 3.63) is 12.4 Å². The molecule has 26 heavy (non-hydrogen) atoms. The van der Waals surface area contributed by atoms with E-state index in [9.17, 15) is 22.8 Å². The number of fused-ring (bicyclic) bond motifs is 2. The molecular weight excluding hydrogens is 374 g/mol. The largest absolute Gasteiger partial charge is 0.418 e. The number of hydroxylamine groups is 2. The summed E-state index contributed by atoms with van der Waals surface area (Å²) in [6.07, 6.45) is 3.37. The standard InChI is InChI=1S/C11H15N7O7S/c19-9(6-16-4-3-12-15-16)13-14-10(20)8-2-1-7-5-17(8)11(21)18(7)25-26(22,23)24/h3-4,7-8H,1-2,5-6H2,(H,13,19)(H,14,20)(H,22,23,24)/t7-,8+/m1/s1. The van der Waals surface area contributed by atoms with Crippen LogP contribution in [0.2, 0.25) is 0 Å². The van der Waals surface area contributed by atoms with Crippen LogP contribution in [0.25, 0.3) is 0 Å². The van der Waals surface area contributed by atoms with Crippen molar-refractivity contribution in [3.63, 3.8) is 0 Å². The average molecular weight is 389 g/mol. The number of nitrogens with zero attached hydrogens (tertiary/aromatic N) is 5. The number of hydrazine groups is 1. The Hall–Kier alpha value is -2.78. The van der Waals surface area contributed by atoms with E-state index in [1.165, 1.54) is 17.1 Å². The van der Waals surface area contributed by atoms with E-state index in [1.807, 2.05) is 0 Å². The van der Waals surface area contributed by atoms with Crippen molar-refractivity contribution in [2.75, 3.05) is 6.54 Å². The molecule has 15 heteroatoms. The first kappa shape index (κ1) is 18.0. The maximum atomic E-state index is 12.2. The molecule has 0 aliphatic carbocycles. The summed E-state index contributed by atoms with van der Waals surface area (Å²) in [5.74, 6) is -1.20. The molecule has 3 heterocycles. The summed E-state index contributed by atoms with van der Waals surface area (Å²) in [4.78, 5) is 37.3. The van der Waals surface area contributed by atoms with Crippen molar-refractivity contribution in [3.8, 4) is 0 Å². The van der Waals surface area contributed by atoms with Crippen LogP contribution in [0.5, 0.6) is 0 Å². The van der Waals surface area contributed by atoms with Gasteiger partial charge in [0.2, 0.25) is 0 Å². The lowest BCUT2D eigenvalue weighted by molar-refractivity contribution is -0.132. The van der Waals surface area contributed by atoms with E-state index in [2.05, 4.69) is 25.4 Å². The van der Waals surface area contributed by atoms with E-state index in [0.29, 0.717) is 5.06 Å². The van der Waals surface area contributed by atoms with Gasteiger partial charge in [-0.3, -0.25) is 25.0 Å². The summed E-state index contributed by atoms with van der Waals surface area (Å²) in [7, 11) is -4.86. The number of carbonyl (C=O) groups excluding carboxylic acids is 3. The number of carbonyl (C=O) groups is 3. The van der Waals surface area contributed by atoms with E-state index in [-0.39, 0.29) is 25.9 Å². The zero-order chi connectivity index (χ0) is 18.9. The van der Waals surface area contributed by atoms with E-state index in [4.69, 9.17) is 4.55 Å². The molecule has 4 amide bonds. The predicted molar refractivity (Wildman–Crippen MR) is 79.7 cm³/mol. The molecule has 1 aromatic heterocycles. The van der Waals surface area contributed by atoms with Gasteiger partial charge >= 0.3 is 16.4 Å². The minimum atomic E-state index is -4.86. The Morgan fingerprint density at radius 1 is 1.35 bits per heavy atom. The molecule has 2 fully saturated rings. The molecule has 2 aliphatic heterocycles. The Bertz CT molecular complexity index is 811. The monoisotopic (exact) mass is 389 g/mol. The Labute approximate surface area is 146 Å². The maximum absolute atomic E-state index is 12.2. The zero-order valence-electron chi connectivity index (χ0n) is 13.2. The highest BCUT2D eigenvalue weighted by atomic mass is 32.3. The number of aromatic nitrogens is 3. The number of nitrogens with one attached hydrogen (secondary N) is 2. The number of hydrogen-bond donors (Lipinski definition) is 3. The average Bonchev–Trinajstić information content (AvgIpc) is 3.15. The second-order valence-corrected chi connectivity index (χ2v) is 6.65. The summed E-state index contributed by atoms with van der Waals surface area (Å²) < 4.78 is 35.9. The van der Waals surface area contributed by atoms with Gasteiger partial charge in [-0.15, -0.1) is 9.38 Å². The summed E-state index contributed by atoms with van der Waals surface area (Å²) in [5.41, 5.74) is 4.40. The molecule has 14 nitrogen and oxygen atoms in total. The summed E-state index contributed by atoms with van der Waals surface area (Å²) >= 11 is 0. The predicted octanol–water partition coefficient (Wildman–Crippen LogP) is -2.57. The number of amides is 4. The van der Waals surface area contributed by atoms with E-state index in [0.717, 1.165) is 4.90 Å². The lowest BCUT2D eigenvalue weighted by Gasteiger charge is -2.29. The number of rotatable bonds is 5. The van der Waals surface area contributed by atoms with Crippen LogP contribution in [0.4, 0.5) is 4.79 Å². The summed E-state index contributed by atoms with van der Waals surface area (Å²) in [6.45, 7) is -0.106. The van der Waals surface area contributed by atoms with Crippen LogP contribution in [0, 0.1) is 0 Å². The Kier molecular flexibility index (Phi) is 4.75. The van der Waals surface area contributed by atoms with Crippen molar-refractivity contribution in [1.82, 2.24) is 35.8 Å². The van der Waals surface area contributed by atoms with Gasteiger partial charge in [-0.1, -0.05) is 5.21 Å². The highest BCUT2D eigenvalue weighted by molar-refractivity contribution is 7.80. The molecule has 1 aromatic rings. The topological polar surface area (TPSA) is 176 Å². The molecule has 3 rings (SSSR count). The second kappa shape index (κ2) is 6.85. The fourth-order valence-corrected chi connectivity index (χ4v) is 3.21. The van der Waals surface area contributed by atoms with Crippen molar-refractivity contribution in [2.45, 2.75) is 31.5 Å². The van der Waals surface area contributed by atoms with Crippen molar-refractivity contribution >= 4 is 28.2 Å². The molecule has 2 saturated heterocycles. The number of urea groups is 1. The first-order chi connectivity index (χ1) is 12.2. The lowest BCUT2D eigenvalue weighted by atomic mass is 10.0. The molecule has 0 saturated carbocycles. The third-order valence-electron chi connectivity index (χ3n) is 3.90. The van der Waals surface area contributed by atoms with Crippen molar-refractivity contribution in [1.29, 1.82) is 0 Å². The minimum Gasteiger partial charge on any atom is -0.309 e. The van der Waals surface area contributed by atoms with E-state index >= 15 is 0 Å². The SMILES string of the molecule is O=C(Cn1ccnn1)NNC(=O)[C@@H]1CC[C@@H]2CN1C(=O)N2OS(=O)(=O)O. The third-order valence-corrected chi connectivity index (χ3v) is 4.25. The first-order valence-corrected chi connectivity index (χ1v) is 8.81. The van der Waals surface area contributed by atoms with Gasteiger partial charge in [0, 0.05) is 12.7 Å². The summed E-state index contributed by atoms with van der Waals surface area (Å²) in [6, 6.07) is -2.38. The van der Waals surface area contributed by atoms with Gasteiger partial charge in [0.05, 0.1) is 12.2 Å². The van der Waals surface area contributed by atoms with Crippen molar-refractivity contribution in [2.24, 2.45) is 0 Å². The van der Waals surface area contributed by atoms with Crippen LogP contribution in [-0.4, -0.2) is 74.4 Å². The highest BCUT2D eigenvalue weighted by Crippen LogP contribution is 2.30. The molecule has 0 aromatic carbocycles. The molecule has 2 bridgehead atoms. The fraction of sp³-hybridized carbons (Fsp3) is 0.545. The molecule has 0 spiro atoms. The van der Waals surface area contributed by atoms with Gasteiger partial charge < -0.3 is 4.90 Å². The molecular formula is C11H15N7O7S. The van der Waals surface area contributed by atoms with Crippen LogP contribution < -0.4 is 10.9 Å². The summed E-state index contributed by atoms with van der Waals surface area (Å²) in [5, 5.41) is 7.67. The lowest BCUT2D eigenvalue weighted by Crippen LogP contribution is -2.54. The van der Waals surface area contributed by atoms with Crippen LogP contribution in [0.15, 0.2) is 12.4 Å². The number of piperidine rings is 1. The Balaban J connectivity index is 1.56. The normalized spacial score (nSPS) is 22.4. The maximum Gasteiger partial charge on any atom is 0.418 e. The highest BCUT2D eigenvalue weighted by Gasteiger charge is 2.49. The second-order valence-electron chi connectivity index (χ2n) is 5.65. The van der Waals surface area contributed by atoms with E-state index < -0.39 is 40.3 Å². The third kappa shape index (κ3) is 3.89. The molecule has 0 unspecified atom stereocenters.